The van der Waals surface area contributed by atoms with Crippen molar-refractivity contribution in [1.29, 1.82) is 0 Å². The van der Waals surface area contributed by atoms with E-state index in [1.807, 2.05) is 0 Å². The maximum absolute atomic E-state index is 5.54. The number of ether oxygens (including phenoxy) is 1. The van der Waals surface area contributed by atoms with Gasteiger partial charge in [0.05, 0.1) is 12.7 Å². The number of hydrogen-bond acceptors (Lipinski definition) is 2. The van der Waals surface area contributed by atoms with E-state index in [1.54, 1.807) is 0 Å². The molecule has 3 heteroatoms. The molecule has 0 aliphatic heterocycles. The molecule has 1 aliphatic carbocycles. The summed E-state index contributed by atoms with van der Waals surface area (Å²) in [5.41, 5.74) is 2.92. The van der Waals surface area contributed by atoms with Gasteiger partial charge in [0, 0.05) is 17.1 Å². The van der Waals surface area contributed by atoms with Gasteiger partial charge in [0.1, 0.15) is 0 Å². The van der Waals surface area contributed by atoms with Crippen molar-refractivity contribution in [3.63, 3.8) is 0 Å². The third-order valence-electron chi connectivity index (χ3n) is 3.16. The average Bonchev–Trinajstić information content (AvgIpc) is 2.69. The van der Waals surface area contributed by atoms with Gasteiger partial charge in [0.2, 0.25) is 0 Å². The number of rotatable bonds is 5. The Bertz CT molecular complexity index is 378. The molecule has 0 spiro atoms. The molecule has 1 atom stereocenters. The molecule has 0 bridgehead atoms. The fourth-order valence-corrected chi connectivity index (χ4v) is 2.93. The quantitative estimate of drug-likeness (QED) is 0.841. The van der Waals surface area contributed by atoms with Crippen molar-refractivity contribution < 1.29 is 4.74 Å². The van der Waals surface area contributed by atoms with E-state index in [0.717, 1.165) is 13.2 Å². The van der Waals surface area contributed by atoms with Crippen LogP contribution in [0.5, 0.6) is 0 Å². The predicted octanol–water partition coefficient (Wildman–Crippen LogP) is 3.45. The number of hydrogen-bond donors (Lipinski definition) is 1. The van der Waals surface area contributed by atoms with Crippen molar-refractivity contribution in [2.75, 3.05) is 13.2 Å². The molecular formula is C14H20BrNO. The fourth-order valence-electron chi connectivity index (χ4n) is 2.35. The lowest BCUT2D eigenvalue weighted by Gasteiger charge is -2.15. The summed E-state index contributed by atoms with van der Waals surface area (Å²) in [6, 6.07) is 6.98. The zero-order valence-electron chi connectivity index (χ0n) is 10.5. The lowest BCUT2D eigenvalue weighted by Crippen LogP contribution is -2.24. The Morgan fingerprint density at radius 1 is 1.47 bits per heavy atom. The molecule has 1 unspecified atom stereocenters. The molecule has 1 aromatic carbocycles. The molecule has 94 valence electrons. The molecule has 0 radical (unpaired) electrons. The van der Waals surface area contributed by atoms with Crippen LogP contribution in [0.25, 0.3) is 0 Å². The van der Waals surface area contributed by atoms with Crippen LogP contribution in [0.4, 0.5) is 0 Å². The molecule has 0 saturated heterocycles. The molecule has 0 fully saturated rings. The largest absolute Gasteiger partial charge is 0.377 e. The standard InChI is InChI=1S/C14H20BrNO/c1-10(2)17-9-8-16-14-7-6-11-12(14)4-3-5-13(11)15/h3-5,10,14,16H,6-9H2,1-2H3. The maximum atomic E-state index is 5.54. The molecular weight excluding hydrogens is 278 g/mol. The smallest absolute Gasteiger partial charge is 0.0594 e. The Hall–Kier alpha value is -0.380. The second-order valence-electron chi connectivity index (χ2n) is 4.77. The highest BCUT2D eigenvalue weighted by atomic mass is 79.9. The van der Waals surface area contributed by atoms with Crippen molar-refractivity contribution in [2.24, 2.45) is 0 Å². The highest BCUT2D eigenvalue weighted by Gasteiger charge is 2.23. The Kier molecular flexibility index (Phi) is 4.60. The van der Waals surface area contributed by atoms with E-state index >= 15 is 0 Å². The van der Waals surface area contributed by atoms with E-state index in [1.165, 1.54) is 28.4 Å². The van der Waals surface area contributed by atoms with E-state index in [0.29, 0.717) is 12.1 Å². The lowest BCUT2D eigenvalue weighted by molar-refractivity contribution is 0.0793. The molecule has 1 aliphatic rings. The molecule has 1 N–H and O–H groups in total. The number of fused-ring (bicyclic) bond motifs is 1. The van der Waals surface area contributed by atoms with Gasteiger partial charge in [-0.1, -0.05) is 28.1 Å². The molecule has 2 nitrogen and oxygen atoms in total. The monoisotopic (exact) mass is 297 g/mol. The van der Waals surface area contributed by atoms with Gasteiger partial charge in [-0.15, -0.1) is 0 Å². The number of nitrogens with one attached hydrogen (secondary N) is 1. The van der Waals surface area contributed by atoms with Crippen LogP contribution in [0.2, 0.25) is 0 Å². The van der Waals surface area contributed by atoms with Crippen LogP contribution in [0, 0.1) is 0 Å². The highest BCUT2D eigenvalue weighted by molar-refractivity contribution is 9.10. The lowest BCUT2D eigenvalue weighted by atomic mass is 10.1. The minimum absolute atomic E-state index is 0.321. The predicted molar refractivity (Wildman–Crippen MR) is 74.3 cm³/mol. The number of benzene rings is 1. The van der Waals surface area contributed by atoms with Crippen LogP contribution in [0.15, 0.2) is 22.7 Å². The van der Waals surface area contributed by atoms with E-state index in [2.05, 4.69) is 53.3 Å². The normalized spacial score (nSPS) is 18.7. The first-order chi connectivity index (χ1) is 8.18. The Labute approximate surface area is 112 Å². The fraction of sp³-hybridized carbons (Fsp3) is 0.571. The first-order valence-electron chi connectivity index (χ1n) is 6.30. The van der Waals surface area contributed by atoms with Gasteiger partial charge in [0.25, 0.3) is 0 Å². The minimum Gasteiger partial charge on any atom is -0.377 e. The molecule has 0 saturated carbocycles. The molecule has 0 aromatic heterocycles. The van der Waals surface area contributed by atoms with Crippen molar-refractivity contribution >= 4 is 15.9 Å². The van der Waals surface area contributed by atoms with E-state index in [4.69, 9.17) is 4.74 Å². The first-order valence-corrected chi connectivity index (χ1v) is 7.10. The van der Waals surface area contributed by atoms with E-state index in [9.17, 15) is 0 Å². The van der Waals surface area contributed by atoms with Gasteiger partial charge in [-0.3, -0.25) is 0 Å². The molecule has 0 heterocycles. The summed E-state index contributed by atoms with van der Waals surface area (Å²) in [5, 5.41) is 3.57. The molecule has 17 heavy (non-hydrogen) atoms. The maximum Gasteiger partial charge on any atom is 0.0594 e. The van der Waals surface area contributed by atoms with Gasteiger partial charge >= 0.3 is 0 Å². The van der Waals surface area contributed by atoms with Crippen molar-refractivity contribution in [1.82, 2.24) is 5.32 Å². The average molecular weight is 298 g/mol. The summed E-state index contributed by atoms with van der Waals surface area (Å²) < 4.78 is 6.79. The zero-order chi connectivity index (χ0) is 12.3. The first kappa shape index (κ1) is 13.1. The molecule has 1 aromatic rings. The molecule has 0 amide bonds. The van der Waals surface area contributed by atoms with Crippen LogP contribution < -0.4 is 5.32 Å². The summed E-state index contributed by atoms with van der Waals surface area (Å²) >= 11 is 3.62. The van der Waals surface area contributed by atoms with Gasteiger partial charge in [-0.25, -0.2) is 0 Å². The summed E-state index contributed by atoms with van der Waals surface area (Å²) in [4.78, 5) is 0. The van der Waals surface area contributed by atoms with Crippen LogP contribution in [0.1, 0.15) is 37.4 Å². The van der Waals surface area contributed by atoms with Crippen molar-refractivity contribution in [3.05, 3.63) is 33.8 Å². The van der Waals surface area contributed by atoms with Gasteiger partial charge < -0.3 is 10.1 Å². The van der Waals surface area contributed by atoms with Crippen molar-refractivity contribution in [3.8, 4) is 0 Å². The Balaban J connectivity index is 1.87. The van der Waals surface area contributed by atoms with Crippen LogP contribution in [-0.4, -0.2) is 19.3 Å². The zero-order valence-corrected chi connectivity index (χ0v) is 12.1. The van der Waals surface area contributed by atoms with E-state index in [-0.39, 0.29) is 0 Å². The van der Waals surface area contributed by atoms with Crippen LogP contribution in [-0.2, 0) is 11.2 Å². The third-order valence-corrected chi connectivity index (χ3v) is 3.90. The highest BCUT2D eigenvalue weighted by Crippen LogP contribution is 2.35. The van der Waals surface area contributed by atoms with E-state index < -0.39 is 0 Å². The minimum atomic E-state index is 0.321. The van der Waals surface area contributed by atoms with Crippen LogP contribution in [0.3, 0.4) is 0 Å². The molecule has 2 rings (SSSR count). The Morgan fingerprint density at radius 3 is 3.06 bits per heavy atom. The van der Waals surface area contributed by atoms with Crippen LogP contribution >= 0.6 is 15.9 Å². The summed E-state index contributed by atoms with van der Waals surface area (Å²) in [7, 11) is 0. The third kappa shape index (κ3) is 3.30. The SMILES string of the molecule is CC(C)OCCNC1CCc2c(Br)cccc21. The second kappa shape index (κ2) is 5.98. The summed E-state index contributed by atoms with van der Waals surface area (Å²) in [6.45, 7) is 5.86. The topological polar surface area (TPSA) is 21.3 Å². The Morgan fingerprint density at radius 2 is 2.29 bits per heavy atom. The second-order valence-corrected chi connectivity index (χ2v) is 5.63. The van der Waals surface area contributed by atoms with Gasteiger partial charge in [0.15, 0.2) is 0 Å². The summed E-state index contributed by atoms with van der Waals surface area (Å²) in [6.07, 6.45) is 2.68. The van der Waals surface area contributed by atoms with Gasteiger partial charge in [-0.05, 0) is 43.9 Å². The van der Waals surface area contributed by atoms with Crippen molar-refractivity contribution in [2.45, 2.75) is 38.8 Å². The number of halogens is 1. The van der Waals surface area contributed by atoms with Gasteiger partial charge in [-0.2, -0.15) is 0 Å². The summed E-state index contributed by atoms with van der Waals surface area (Å²) in [5.74, 6) is 0.